The molecule has 0 bridgehead atoms. The highest BCUT2D eigenvalue weighted by Gasteiger charge is 2.47. The summed E-state index contributed by atoms with van der Waals surface area (Å²) in [6.07, 6.45) is 3.55. The molecule has 1 aliphatic carbocycles. The van der Waals surface area contributed by atoms with Crippen LogP contribution in [0.15, 0.2) is 24.3 Å². The Bertz CT molecular complexity index is 447. The number of rotatable bonds is 4. The highest BCUT2D eigenvalue weighted by molar-refractivity contribution is 5.90. The summed E-state index contributed by atoms with van der Waals surface area (Å²) in [5, 5.41) is 9.25. The SMILES string of the molecule is O=C(O)c1ccccc1C1(CN2CCC2)CC1. The first-order valence-electron chi connectivity index (χ1n) is 6.26. The number of carboxylic acids is 1. The summed E-state index contributed by atoms with van der Waals surface area (Å²) in [5.74, 6) is -0.796. The molecule has 3 heteroatoms. The third-order valence-corrected chi connectivity index (χ3v) is 4.06. The average molecular weight is 231 g/mol. The van der Waals surface area contributed by atoms with Crippen molar-refractivity contribution < 1.29 is 9.90 Å². The lowest BCUT2D eigenvalue weighted by Crippen LogP contribution is -2.42. The number of benzene rings is 1. The third kappa shape index (κ3) is 1.84. The zero-order valence-electron chi connectivity index (χ0n) is 9.85. The number of hydrogen-bond donors (Lipinski definition) is 1. The standard InChI is InChI=1S/C14H17NO2/c16-13(17)11-4-1-2-5-12(11)14(6-7-14)10-15-8-3-9-15/h1-2,4-5H,3,6-10H2,(H,16,17). The van der Waals surface area contributed by atoms with Gasteiger partial charge in [0.1, 0.15) is 0 Å². The molecule has 2 fully saturated rings. The first-order chi connectivity index (χ1) is 8.21. The summed E-state index contributed by atoms with van der Waals surface area (Å²) in [7, 11) is 0. The first-order valence-corrected chi connectivity index (χ1v) is 6.26. The molecular formula is C14H17NO2. The van der Waals surface area contributed by atoms with Crippen LogP contribution >= 0.6 is 0 Å². The van der Waals surface area contributed by atoms with Gasteiger partial charge in [-0.3, -0.25) is 0 Å². The van der Waals surface area contributed by atoms with Crippen LogP contribution in [-0.2, 0) is 5.41 Å². The van der Waals surface area contributed by atoms with Crippen molar-refractivity contribution in [2.75, 3.05) is 19.6 Å². The van der Waals surface area contributed by atoms with Gasteiger partial charge < -0.3 is 10.0 Å². The molecule has 1 N–H and O–H groups in total. The van der Waals surface area contributed by atoms with Crippen LogP contribution in [0.2, 0.25) is 0 Å². The molecule has 0 aromatic heterocycles. The molecular weight excluding hydrogens is 214 g/mol. The minimum Gasteiger partial charge on any atom is -0.478 e. The second-order valence-corrected chi connectivity index (χ2v) is 5.26. The van der Waals surface area contributed by atoms with Gasteiger partial charge in [0.05, 0.1) is 5.56 Å². The van der Waals surface area contributed by atoms with Gasteiger partial charge in [0.25, 0.3) is 0 Å². The van der Waals surface area contributed by atoms with Gasteiger partial charge in [0, 0.05) is 12.0 Å². The molecule has 1 heterocycles. The van der Waals surface area contributed by atoms with Crippen molar-refractivity contribution in [3.8, 4) is 0 Å². The van der Waals surface area contributed by atoms with Crippen molar-refractivity contribution in [1.29, 1.82) is 0 Å². The van der Waals surface area contributed by atoms with E-state index in [1.807, 2.05) is 18.2 Å². The largest absolute Gasteiger partial charge is 0.478 e. The van der Waals surface area contributed by atoms with Crippen molar-refractivity contribution in [3.05, 3.63) is 35.4 Å². The summed E-state index contributed by atoms with van der Waals surface area (Å²) in [5.41, 5.74) is 1.67. The number of nitrogens with zero attached hydrogens (tertiary/aromatic N) is 1. The van der Waals surface area contributed by atoms with Crippen molar-refractivity contribution in [3.63, 3.8) is 0 Å². The first kappa shape index (κ1) is 10.8. The lowest BCUT2D eigenvalue weighted by Gasteiger charge is -2.34. The second-order valence-electron chi connectivity index (χ2n) is 5.26. The molecule has 3 rings (SSSR count). The van der Waals surface area contributed by atoms with E-state index in [-0.39, 0.29) is 5.41 Å². The van der Waals surface area contributed by atoms with E-state index in [1.54, 1.807) is 6.07 Å². The van der Waals surface area contributed by atoms with E-state index in [0.29, 0.717) is 5.56 Å². The maximum atomic E-state index is 11.3. The van der Waals surface area contributed by atoms with Crippen molar-refractivity contribution in [1.82, 2.24) is 4.90 Å². The molecule has 17 heavy (non-hydrogen) atoms. The predicted octanol–water partition coefficient (Wildman–Crippen LogP) is 2.12. The summed E-state index contributed by atoms with van der Waals surface area (Å²) >= 11 is 0. The van der Waals surface area contributed by atoms with Crippen LogP contribution in [0.3, 0.4) is 0 Å². The Morgan fingerprint density at radius 2 is 2.00 bits per heavy atom. The molecule has 90 valence electrons. The van der Waals surface area contributed by atoms with E-state index in [2.05, 4.69) is 4.90 Å². The van der Waals surface area contributed by atoms with Gasteiger partial charge in [0.2, 0.25) is 0 Å². The molecule has 1 aliphatic heterocycles. The molecule has 1 aromatic carbocycles. The molecule has 1 aromatic rings. The van der Waals surface area contributed by atoms with Crippen LogP contribution in [0, 0.1) is 0 Å². The third-order valence-electron chi connectivity index (χ3n) is 4.06. The second kappa shape index (κ2) is 3.84. The summed E-state index contributed by atoms with van der Waals surface area (Å²) in [6, 6.07) is 7.49. The topological polar surface area (TPSA) is 40.5 Å². The molecule has 0 amide bonds. The van der Waals surface area contributed by atoms with Gasteiger partial charge in [-0.2, -0.15) is 0 Å². The zero-order valence-corrected chi connectivity index (χ0v) is 9.85. The van der Waals surface area contributed by atoms with Crippen molar-refractivity contribution in [2.24, 2.45) is 0 Å². The van der Waals surface area contributed by atoms with E-state index < -0.39 is 5.97 Å². The fraction of sp³-hybridized carbons (Fsp3) is 0.500. The Morgan fingerprint density at radius 1 is 1.29 bits per heavy atom. The van der Waals surface area contributed by atoms with E-state index >= 15 is 0 Å². The van der Waals surface area contributed by atoms with Crippen molar-refractivity contribution >= 4 is 5.97 Å². The van der Waals surface area contributed by atoms with Crippen molar-refractivity contribution in [2.45, 2.75) is 24.7 Å². The Labute approximate surface area is 101 Å². The Kier molecular flexibility index (Phi) is 2.44. The minimum atomic E-state index is -0.796. The van der Waals surface area contributed by atoms with Gasteiger partial charge in [-0.25, -0.2) is 4.79 Å². The van der Waals surface area contributed by atoms with E-state index in [9.17, 15) is 9.90 Å². The Hall–Kier alpha value is -1.35. The van der Waals surface area contributed by atoms with E-state index in [4.69, 9.17) is 0 Å². The minimum absolute atomic E-state index is 0.134. The van der Waals surface area contributed by atoms with Crippen LogP contribution in [0.4, 0.5) is 0 Å². The number of hydrogen-bond acceptors (Lipinski definition) is 2. The monoisotopic (exact) mass is 231 g/mol. The van der Waals surface area contributed by atoms with Gasteiger partial charge in [0.15, 0.2) is 0 Å². The Balaban J connectivity index is 1.89. The molecule has 2 aliphatic rings. The van der Waals surface area contributed by atoms with Gasteiger partial charge >= 0.3 is 5.97 Å². The van der Waals surface area contributed by atoms with Crippen LogP contribution in [0.25, 0.3) is 0 Å². The van der Waals surface area contributed by atoms with Crippen LogP contribution in [0.1, 0.15) is 35.2 Å². The maximum absolute atomic E-state index is 11.3. The summed E-state index contributed by atoms with van der Waals surface area (Å²) in [6.45, 7) is 3.39. The molecule has 1 saturated carbocycles. The van der Waals surface area contributed by atoms with E-state index in [1.165, 1.54) is 19.5 Å². The lowest BCUT2D eigenvalue weighted by atomic mass is 9.90. The van der Waals surface area contributed by atoms with Crippen LogP contribution < -0.4 is 0 Å². The predicted molar refractivity (Wildman–Crippen MR) is 65.4 cm³/mol. The number of aromatic carboxylic acids is 1. The molecule has 3 nitrogen and oxygen atoms in total. The lowest BCUT2D eigenvalue weighted by molar-refractivity contribution is 0.0693. The van der Waals surface area contributed by atoms with Gasteiger partial charge in [-0.05, 0) is 44.0 Å². The Morgan fingerprint density at radius 3 is 2.53 bits per heavy atom. The molecule has 0 atom stereocenters. The van der Waals surface area contributed by atoms with Gasteiger partial charge in [-0.1, -0.05) is 18.2 Å². The average Bonchev–Trinajstić information content (AvgIpc) is 3.05. The smallest absolute Gasteiger partial charge is 0.335 e. The normalized spacial score (nSPS) is 21.9. The van der Waals surface area contributed by atoms with E-state index in [0.717, 1.165) is 24.9 Å². The molecule has 0 radical (unpaired) electrons. The zero-order chi connectivity index (χ0) is 11.9. The van der Waals surface area contributed by atoms with Crippen LogP contribution in [0.5, 0.6) is 0 Å². The number of carbonyl (C=O) groups is 1. The number of likely N-dealkylation sites (tertiary alicyclic amines) is 1. The van der Waals surface area contributed by atoms with Gasteiger partial charge in [-0.15, -0.1) is 0 Å². The quantitative estimate of drug-likeness (QED) is 0.863. The molecule has 1 saturated heterocycles. The maximum Gasteiger partial charge on any atom is 0.335 e. The summed E-state index contributed by atoms with van der Waals surface area (Å²) < 4.78 is 0. The number of carboxylic acid groups (broad SMARTS) is 1. The fourth-order valence-electron chi connectivity index (χ4n) is 2.76. The van der Waals surface area contributed by atoms with Crippen LogP contribution in [-0.4, -0.2) is 35.6 Å². The molecule has 0 spiro atoms. The fourth-order valence-corrected chi connectivity index (χ4v) is 2.76. The molecule has 0 unspecified atom stereocenters. The summed E-state index contributed by atoms with van der Waals surface area (Å²) in [4.78, 5) is 13.7. The highest BCUT2D eigenvalue weighted by atomic mass is 16.4. The highest BCUT2D eigenvalue weighted by Crippen LogP contribution is 2.50.